The van der Waals surface area contributed by atoms with Gasteiger partial charge in [-0.05, 0) is 44.0 Å². The molecule has 3 aromatic rings. The summed E-state index contributed by atoms with van der Waals surface area (Å²) in [5, 5.41) is 6.68. The Morgan fingerprint density at radius 3 is 2.63 bits per heavy atom. The van der Waals surface area contributed by atoms with Crippen LogP contribution in [0.2, 0.25) is 5.02 Å². The molecule has 0 aliphatic carbocycles. The van der Waals surface area contributed by atoms with Gasteiger partial charge in [-0.15, -0.1) is 0 Å². The third-order valence-electron chi connectivity index (χ3n) is 4.07. The summed E-state index contributed by atoms with van der Waals surface area (Å²) in [5.41, 5.74) is 4.24. The highest BCUT2D eigenvalue weighted by molar-refractivity contribution is 6.31. The molecule has 6 heteroatoms. The van der Waals surface area contributed by atoms with E-state index in [0.29, 0.717) is 34.6 Å². The van der Waals surface area contributed by atoms with Crippen molar-refractivity contribution in [3.05, 3.63) is 81.8 Å². The normalized spacial score (nSPS) is 10.5. The number of carbonyl (C=O) groups excluding carboxylic acids is 1. The first-order valence-electron chi connectivity index (χ1n) is 8.63. The van der Waals surface area contributed by atoms with Gasteiger partial charge in [0.05, 0.1) is 0 Å². The van der Waals surface area contributed by atoms with Crippen molar-refractivity contribution >= 4 is 29.0 Å². The zero-order chi connectivity index (χ0) is 19.4. The van der Waals surface area contributed by atoms with Crippen molar-refractivity contribution in [2.75, 3.05) is 10.6 Å². The Bertz CT molecular complexity index is 988. The first-order chi connectivity index (χ1) is 12.9. The van der Waals surface area contributed by atoms with E-state index in [4.69, 9.17) is 11.6 Å². The van der Waals surface area contributed by atoms with Gasteiger partial charge in [0.1, 0.15) is 17.3 Å². The van der Waals surface area contributed by atoms with E-state index in [9.17, 15) is 4.79 Å². The number of anilines is 2. The maximum absolute atomic E-state index is 12.6. The van der Waals surface area contributed by atoms with E-state index >= 15 is 0 Å². The number of halogens is 1. The quantitative estimate of drug-likeness (QED) is 0.659. The minimum absolute atomic E-state index is 0.300. The molecule has 0 aliphatic rings. The highest BCUT2D eigenvalue weighted by Crippen LogP contribution is 2.21. The summed E-state index contributed by atoms with van der Waals surface area (Å²) in [5.74, 6) is 0.832. The monoisotopic (exact) mass is 380 g/mol. The van der Waals surface area contributed by atoms with Crippen molar-refractivity contribution in [1.29, 1.82) is 0 Å². The maximum Gasteiger partial charge on any atom is 0.274 e. The van der Waals surface area contributed by atoms with Crippen LogP contribution in [0.5, 0.6) is 0 Å². The van der Waals surface area contributed by atoms with Crippen molar-refractivity contribution < 1.29 is 4.79 Å². The Balaban J connectivity index is 1.76. The fourth-order valence-corrected chi connectivity index (χ4v) is 2.88. The number of hydrogen-bond acceptors (Lipinski definition) is 4. The van der Waals surface area contributed by atoms with Gasteiger partial charge in [-0.3, -0.25) is 4.79 Å². The van der Waals surface area contributed by atoms with Gasteiger partial charge < -0.3 is 10.6 Å². The van der Waals surface area contributed by atoms with Gasteiger partial charge in [0, 0.05) is 23.3 Å². The fourth-order valence-electron chi connectivity index (χ4n) is 2.70. The van der Waals surface area contributed by atoms with Crippen molar-refractivity contribution in [1.82, 2.24) is 9.97 Å². The van der Waals surface area contributed by atoms with Gasteiger partial charge >= 0.3 is 0 Å². The number of benzene rings is 2. The Hall–Kier alpha value is -2.92. The molecule has 0 spiro atoms. The minimum atomic E-state index is -0.301. The number of nitrogens with one attached hydrogen (secondary N) is 2. The lowest BCUT2D eigenvalue weighted by Gasteiger charge is -2.11. The topological polar surface area (TPSA) is 66.9 Å². The van der Waals surface area contributed by atoms with Gasteiger partial charge in [-0.2, -0.15) is 0 Å². The van der Waals surface area contributed by atoms with E-state index in [2.05, 4.69) is 39.7 Å². The number of aromatic nitrogens is 2. The molecule has 0 fully saturated rings. The lowest BCUT2D eigenvalue weighted by atomic mass is 10.1. The van der Waals surface area contributed by atoms with E-state index in [1.165, 1.54) is 5.56 Å². The van der Waals surface area contributed by atoms with Crippen LogP contribution in [-0.4, -0.2) is 15.9 Å². The highest BCUT2D eigenvalue weighted by atomic mass is 35.5. The summed E-state index contributed by atoms with van der Waals surface area (Å²) in [4.78, 5) is 21.3. The predicted octanol–water partition coefficient (Wildman–Crippen LogP) is 4.92. The first kappa shape index (κ1) is 18.9. The molecule has 0 saturated heterocycles. The van der Waals surface area contributed by atoms with E-state index in [0.717, 1.165) is 11.1 Å². The molecule has 0 bridgehead atoms. The van der Waals surface area contributed by atoms with Crippen LogP contribution in [-0.2, 0) is 6.54 Å². The van der Waals surface area contributed by atoms with Gasteiger partial charge in [0.25, 0.3) is 5.91 Å². The second kappa shape index (κ2) is 8.18. The van der Waals surface area contributed by atoms with Crippen LogP contribution in [0.3, 0.4) is 0 Å². The number of rotatable bonds is 5. The van der Waals surface area contributed by atoms with Crippen molar-refractivity contribution in [3.63, 3.8) is 0 Å². The van der Waals surface area contributed by atoms with E-state index in [1.807, 2.05) is 25.1 Å². The molecule has 0 saturated carbocycles. The van der Waals surface area contributed by atoms with Crippen LogP contribution < -0.4 is 10.6 Å². The predicted molar refractivity (Wildman–Crippen MR) is 109 cm³/mol. The fraction of sp³-hybridized carbons (Fsp3) is 0.190. The lowest BCUT2D eigenvalue weighted by Crippen LogP contribution is -2.16. The minimum Gasteiger partial charge on any atom is -0.366 e. The molecule has 0 unspecified atom stereocenters. The zero-order valence-electron chi connectivity index (χ0n) is 15.5. The molecule has 27 heavy (non-hydrogen) atoms. The number of amides is 1. The summed E-state index contributed by atoms with van der Waals surface area (Å²) in [7, 11) is 0. The molecule has 0 aliphatic heterocycles. The molecule has 0 atom stereocenters. The van der Waals surface area contributed by atoms with Gasteiger partial charge in [0.15, 0.2) is 0 Å². The molecular formula is C21H21ClN4O. The highest BCUT2D eigenvalue weighted by Gasteiger charge is 2.12. The average Bonchev–Trinajstić information content (AvgIpc) is 2.62. The zero-order valence-corrected chi connectivity index (χ0v) is 16.3. The first-order valence-corrected chi connectivity index (χ1v) is 9.01. The number of aryl methyl sites for hydroxylation is 3. The molecule has 5 nitrogen and oxygen atoms in total. The molecule has 3 rings (SSSR count). The SMILES string of the molecule is Cc1cccc(CNc2cc(C(=O)Nc3cc(Cl)ccc3C)nc(C)n2)c1. The summed E-state index contributed by atoms with van der Waals surface area (Å²) in [6.07, 6.45) is 0. The molecule has 2 aromatic carbocycles. The number of nitrogens with zero attached hydrogens (tertiary/aromatic N) is 2. The molecule has 1 amide bonds. The van der Waals surface area contributed by atoms with Crippen LogP contribution in [0.4, 0.5) is 11.5 Å². The Morgan fingerprint density at radius 2 is 1.85 bits per heavy atom. The van der Waals surface area contributed by atoms with Crippen molar-refractivity contribution in [2.45, 2.75) is 27.3 Å². The molecule has 0 radical (unpaired) electrons. The second-order valence-corrected chi connectivity index (χ2v) is 6.88. The number of hydrogen-bond donors (Lipinski definition) is 2. The van der Waals surface area contributed by atoms with Gasteiger partial charge in [-0.25, -0.2) is 9.97 Å². The largest absolute Gasteiger partial charge is 0.366 e. The summed E-state index contributed by atoms with van der Waals surface area (Å²) >= 11 is 6.02. The molecule has 1 heterocycles. The Kier molecular flexibility index (Phi) is 5.72. The second-order valence-electron chi connectivity index (χ2n) is 6.44. The Labute approximate surface area is 163 Å². The van der Waals surface area contributed by atoms with Crippen LogP contribution >= 0.6 is 11.6 Å². The van der Waals surface area contributed by atoms with E-state index in [-0.39, 0.29) is 5.91 Å². The van der Waals surface area contributed by atoms with Crippen LogP contribution in [0.1, 0.15) is 33.0 Å². The number of carbonyl (C=O) groups is 1. The van der Waals surface area contributed by atoms with E-state index < -0.39 is 0 Å². The summed E-state index contributed by atoms with van der Waals surface area (Å²) in [6, 6.07) is 15.2. The molecule has 2 N–H and O–H groups in total. The third kappa shape index (κ3) is 5.05. The van der Waals surface area contributed by atoms with Gasteiger partial charge in [0.2, 0.25) is 0 Å². The summed E-state index contributed by atoms with van der Waals surface area (Å²) < 4.78 is 0. The van der Waals surface area contributed by atoms with Crippen LogP contribution in [0.25, 0.3) is 0 Å². The maximum atomic E-state index is 12.6. The van der Waals surface area contributed by atoms with E-state index in [1.54, 1.807) is 25.1 Å². The standard InChI is InChI=1S/C21H21ClN4O/c1-13-5-4-6-16(9-13)12-23-20-11-19(24-15(3)25-20)21(27)26-18-10-17(22)8-7-14(18)2/h4-11H,12H2,1-3H3,(H,26,27)(H,23,24,25). The van der Waals surface area contributed by atoms with Crippen molar-refractivity contribution in [2.24, 2.45) is 0 Å². The van der Waals surface area contributed by atoms with Crippen LogP contribution in [0, 0.1) is 20.8 Å². The summed E-state index contributed by atoms with van der Waals surface area (Å²) in [6.45, 7) is 6.34. The lowest BCUT2D eigenvalue weighted by molar-refractivity contribution is 0.102. The smallest absolute Gasteiger partial charge is 0.274 e. The molecule has 138 valence electrons. The van der Waals surface area contributed by atoms with Crippen LogP contribution in [0.15, 0.2) is 48.5 Å². The van der Waals surface area contributed by atoms with Gasteiger partial charge in [-0.1, -0.05) is 47.5 Å². The molecule has 1 aromatic heterocycles. The Morgan fingerprint density at radius 1 is 1.04 bits per heavy atom. The average molecular weight is 381 g/mol. The van der Waals surface area contributed by atoms with Crippen molar-refractivity contribution in [3.8, 4) is 0 Å². The molecular weight excluding hydrogens is 360 g/mol. The third-order valence-corrected chi connectivity index (χ3v) is 4.31.